The molecule has 0 fully saturated rings. The fraction of sp³-hybridized carbons (Fsp3) is 0.125. The van der Waals surface area contributed by atoms with Gasteiger partial charge in [-0.2, -0.15) is 9.61 Å². The number of pyridine rings is 1. The van der Waals surface area contributed by atoms with Crippen LogP contribution in [-0.2, 0) is 0 Å². The Morgan fingerprint density at radius 1 is 1.04 bits per heavy atom. The number of hydrogen-bond donors (Lipinski definition) is 0. The Bertz CT molecular complexity index is 1010. The third-order valence-corrected chi connectivity index (χ3v) is 4.69. The van der Waals surface area contributed by atoms with Crippen molar-refractivity contribution in [2.45, 2.75) is 6.10 Å². The van der Waals surface area contributed by atoms with Gasteiger partial charge in [-0.25, -0.2) is 0 Å². The summed E-state index contributed by atoms with van der Waals surface area (Å²) >= 11 is 1.47. The summed E-state index contributed by atoms with van der Waals surface area (Å²) in [6.45, 7) is 0.375. The highest BCUT2D eigenvalue weighted by Gasteiger charge is 2.28. The monoisotopic (exact) mass is 337 g/mol. The Balaban J connectivity index is 1.53. The van der Waals surface area contributed by atoms with Crippen molar-refractivity contribution in [1.29, 1.82) is 0 Å². The molecule has 1 atom stereocenters. The average molecular weight is 337 g/mol. The zero-order chi connectivity index (χ0) is 15.9. The highest BCUT2D eigenvalue weighted by molar-refractivity contribution is 7.19. The van der Waals surface area contributed by atoms with Crippen LogP contribution in [0.25, 0.3) is 15.5 Å². The zero-order valence-corrected chi connectivity index (χ0v) is 13.2. The minimum Gasteiger partial charge on any atom is -0.485 e. The van der Waals surface area contributed by atoms with Crippen LogP contribution in [0.4, 0.5) is 0 Å². The molecular weight excluding hydrogens is 326 g/mol. The van der Waals surface area contributed by atoms with Crippen molar-refractivity contribution >= 4 is 16.3 Å². The van der Waals surface area contributed by atoms with Gasteiger partial charge in [-0.15, -0.1) is 10.2 Å². The molecule has 0 saturated carbocycles. The summed E-state index contributed by atoms with van der Waals surface area (Å²) in [4.78, 5) is 4.75. The molecule has 0 amide bonds. The van der Waals surface area contributed by atoms with E-state index < -0.39 is 0 Å². The highest BCUT2D eigenvalue weighted by atomic mass is 32.1. The van der Waals surface area contributed by atoms with E-state index >= 15 is 0 Å². The third-order valence-electron chi connectivity index (χ3n) is 3.74. The van der Waals surface area contributed by atoms with Gasteiger partial charge in [-0.1, -0.05) is 23.5 Å². The maximum Gasteiger partial charge on any atom is 0.235 e. The molecule has 3 aromatic heterocycles. The lowest BCUT2D eigenvalue weighted by Crippen LogP contribution is -2.23. The SMILES string of the molecule is c1ccc2c(c1)OCC(c1nnc3sc(-c4ccncc4)nn13)O2. The Kier molecular flexibility index (Phi) is 2.95. The van der Waals surface area contributed by atoms with Crippen LogP contribution in [0.5, 0.6) is 11.5 Å². The molecule has 4 aromatic rings. The second kappa shape index (κ2) is 5.27. The van der Waals surface area contributed by atoms with E-state index in [9.17, 15) is 0 Å². The van der Waals surface area contributed by atoms with Gasteiger partial charge < -0.3 is 9.47 Å². The van der Waals surface area contributed by atoms with Crippen molar-refractivity contribution in [3.8, 4) is 22.1 Å². The first kappa shape index (κ1) is 13.4. The highest BCUT2D eigenvalue weighted by Crippen LogP contribution is 2.36. The second-order valence-corrected chi connectivity index (χ2v) is 6.22. The minimum absolute atomic E-state index is 0.345. The molecule has 0 bridgehead atoms. The van der Waals surface area contributed by atoms with Crippen LogP contribution >= 0.6 is 11.3 Å². The summed E-state index contributed by atoms with van der Waals surface area (Å²) in [5, 5.41) is 13.9. The van der Waals surface area contributed by atoms with Crippen molar-refractivity contribution in [1.82, 2.24) is 24.8 Å². The van der Waals surface area contributed by atoms with Gasteiger partial charge in [0.1, 0.15) is 11.6 Å². The lowest BCUT2D eigenvalue weighted by atomic mass is 10.2. The van der Waals surface area contributed by atoms with Crippen LogP contribution in [0.2, 0.25) is 0 Å². The zero-order valence-electron chi connectivity index (χ0n) is 12.4. The Morgan fingerprint density at radius 3 is 2.75 bits per heavy atom. The second-order valence-electron chi connectivity index (χ2n) is 5.26. The molecule has 0 aliphatic carbocycles. The maximum atomic E-state index is 6.01. The van der Waals surface area contributed by atoms with Crippen molar-refractivity contribution in [2.24, 2.45) is 0 Å². The molecular formula is C16H11N5O2S. The van der Waals surface area contributed by atoms with Gasteiger partial charge in [0.2, 0.25) is 4.96 Å². The third kappa shape index (κ3) is 2.11. The van der Waals surface area contributed by atoms with Gasteiger partial charge in [-0.3, -0.25) is 4.98 Å². The summed E-state index contributed by atoms with van der Waals surface area (Å²) in [5.74, 6) is 2.08. The van der Waals surface area contributed by atoms with E-state index in [1.807, 2.05) is 36.4 Å². The van der Waals surface area contributed by atoms with E-state index in [0.717, 1.165) is 21.3 Å². The van der Waals surface area contributed by atoms with Gasteiger partial charge in [-0.05, 0) is 24.3 Å². The number of nitrogens with zero attached hydrogens (tertiary/aromatic N) is 5. The fourth-order valence-electron chi connectivity index (χ4n) is 2.59. The average Bonchev–Trinajstić information content (AvgIpc) is 3.23. The Morgan fingerprint density at radius 2 is 1.88 bits per heavy atom. The lowest BCUT2D eigenvalue weighted by Gasteiger charge is -2.24. The van der Waals surface area contributed by atoms with Crippen molar-refractivity contribution < 1.29 is 9.47 Å². The number of rotatable bonds is 2. The van der Waals surface area contributed by atoms with Crippen LogP contribution in [-0.4, -0.2) is 31.4 Å². The standard InChI is InChI=1S/C16H11N5O2S/c1-2-4-12-11(3-1)22-9-13(23-12)14-18-19-16-21(14)20-15(24-16)10-5-7-17-8-6-10/h1-8,13H,9H2. The van der Waals surface area contributed by atoms with Gasteiger partial charge in [0.25, 0.3) is 0 Å². The first-order valence-corrected chi connectivity index (χ1v) is 8.21. The molecule has 1 aromatic carbocycles. The molecule has 4 heterocycles. The molecule has 118 valence electrons. The van der Waals surface area contributed by atoms with Crippen LogP contribution in [0.15, 0.2) is 48.8 Å². The van der Waals surface area contributed by atoms with E-state index in [1.165, 1.54) is 11.3 Å². The molecule has 1 aliphatic rings. The molecule has 1 aliphatic heterocycles. The summed E-state index contributed by atoms with van der Waals surface area (Å²) < 4.78 is 13.5. The quantitative estimate of drug-likeness (QED) is 0.560. The number of benzene rings is 1. The summed E-state index contributed by atoms with van der Waals surface area (Å²) in [6, 6.07) is 11.4. The van der Waals surface area contributed by atoms with Crippen molar-refractivity contribution in [3.63, 3.8) is 0 Å². The van der Waals surface area contributed by atoms with Crippen LogP contribution < -0.4 is 9.47 Å². The van der Waals surface area contributed by atoms with Gasteiger partial charge in [0.05, 0.1) is 0 Å². The number of fused-ring (bicyclic) bond motifs is 2. The topological polar surface area (TPSA) is 74.4 Å². The van der Waals surface area contributed by atoms with E-state index in [4.69, 9.17) is 9.47 Å². The molecule has 0 spiro atoms. The number of para-hydroxylation sites is 2. The molecule has 0 N–H and O–H groups in total. The Labute approximate surface area is 140 Å². The number of ether oxygens (including phenoxy) is 2. The van der Waals surface area contributed by atoms with Gasteiger partial charge >= 0.3 is 0 Å². The van der Waals surface area contributed by atoms with E-state index in [1.54, 1.807) is 16.9 Å². The predicted octanol–water partition coefficient (Wildman–Crippen LogP) is 2.76. The molecule has 5 rings (SSSR count). The van der Waals surface area contributed by atoms with Gasteiger partial charge in [0, 0.05) is 18.0 Å². The van der Waals surface area contributed by atoms with E-state index in [-0.39, 0.29) is 6.10 Å². The van der Waals surface area contributed by atoms with Crippen molar-refractivity contribution in [3.05, 3.63) is 54.6 Å². The minimum atomic E-state index is -0.345. The molecule has 7 nitrogen and oxygen atoms in total. The summed E-state index contributed by atoms with van der Waals surface area (Å²) in [5.41, 5.74) is 0.998. The molecule has 8 heteroatoms. The largest absolute Gasteiger partial charge is 0.485 e. The van der Waals surface area contributed by atoms with Crippen molar-refractivity contribution in [2.75, 3.05) is 6.61 Å². The number of hydrogen-bond acceptors (Lipinski definition) is 7. The fourth-order valence-corrected chi connectivity index (χ4v) is 3.44. The van der Waals surface area contributed by atoms with E-state index in [2.05, 4.69) is 20.3 Å². The van der Waals surface area contributed by atoms with Crippen LogP contribution in [0.3, 0.4) is 0 Å². The number of aromatic nitrogens is 5. The van der Waals surface area contributed by atoms with E-state index in [0.29, 0.717) is 18.2 Å². The first-order chi connectivity index (χ1) is 11.9. The van der Waals surface area contributed by atoms with Crippen LogP contribution in [0, 0.1) is 0 Å². The molecule has 24 heavy (non-hydrogen) atoms. The lowest BCUT2D eigenvalue weighted by molar-refractivity contribution is 0.0836. The summed E-state index contributed by atoms with van der Waals surface area (Å²) in [7, 11) is 0. The smallest absolute Gasteiger partial charge is 0.235 e. The molecule has 0 radical (unpaired) electrons. The molecule has 1 unspecified atom stereocenters. The van der Waals surface area contributed by atoms with Crippen LogP contribution in [0.1, 0.15) is 11.9 Å². The normalized spacial score (nSPS) is 16.4. The summed E-state index contributed by atoms with van der Waals surface area (Å²) in [6.07, 6.45) is 3.14. The molecule has 0 saturated heterocycles. The first-order valence-electron chi connectivity index (χ1n) is 7.39. The van der Waals surface area contributed by atoms with Gasteiger partial charge in [0.15, 0.2) is 23.4 Å². The predicted molar refractivity (Wildman–Crippen MR) is 87.2 cm³/mol. The maximum absolute atomic E-state index is 6.01. The Hall–Kier alpha value is -3.00.